The van der Waals surface area contributed by atoms with Crippen LogP contribution < -0.4 is 10.6 Å². The SMILES string of the molecule is COCC(N)C(=O)N1CCCc2cc(F)ccc21. The molecule has 0 spiro atoms. The van der Waals surface area contributed by atoms with Gasteiger partial charge in [0.15, 0.2) is 0 Å². The maximum Gasteiger partial charge on any atom is 0.246 e. The van der Waals surface area contributed by atoms with Crippen molar-refractivity contribution < 1.29 is 13.9 Å². The molecule has 2 N–H and O–H groups in total. The van der Waals surface area contributed by atoms with E-state index >= 15 is 0 Å². The maximum absolute atomic E-state index is 13.2. The first-order chi connectivity index (χ1) is 8.63. The van der Waals surface area contributed by atoms with Gasteiger partial charge in [-0.3, -0.25) is 4.79 Å². The number of nitrogens with zero attached hydrogens (tertiary/aromatic N) is 1. The van der Waals surface area contributed by atoms with Gasteiger partial charge >= 0.3 is 0 Å². The Bertz CT molecular complexity index is 451. The van der Waals surface area contributed by atoms with Gasteiger partial charge in [-0.15, -0.1) is 0 Å². The molecule has 1 atom stereocenters. The molecule has 0 radical (unpaired) electrons. The summed E-state index contributed by atoms with van der Waals surface area (Å²) in [5.74, 6) is -0.450. The number of methoxy groups -OCH3 is 1. The molecule has 4 nitrogen and oxygen atoms in total. The van der Waals surface area contributed by atoms with Crippen LogP contribution in [0.1, 0.15) is 12.0 Å². The van der Waals surface area contributed by atoms with Gasteiger partial charge in [0.05, 0.1) is 6.61 Å². The first kappa shape index (κ1) is 13.0. The van der Waals surface area contributed by atoms with E-state index in [0.29, 0.717) is 6.54 Å². The third-order valence-electron chi connectivity index (χ3n) is 3.09. The Hall–Kier alpha value is -1.46. The monoisotopic (exact) mass is 252 g/mol. The number of hydrogen-bond acceptors (Lipinski definition) is 3. The number of anilines is 1. The van der Waals surface area contributed by atoms with Crippen molar-refractivity contribution in [3.05, 3.63) is 29.6 Å². The van der Waals surface area contributed by atoms with Gasteiger partial charge < -0.3 is 15.4 Å². The average molecular weight is 252 g/mol. The van der Waals surface area contributed by atoms with E-state index in [2.05, 4.69) is 0 Å². The molecule has 0 fully saturated rings. The lowest BCUT2D eigenvalue weighted by Gasteiger charge is -2.31. The third kappa shape index (κ3) is 2.52. The summed E-state index contributed by atoms with van der Waals surface area (Å²) < 4.78 is 18.0. The van der Waals surface area contributed by atoms with Gasteiger partial charge in [0.25, 0.3) is 0 Å². The molecule has 0 aromatic heterocycles. The number of rotatable bonds is 3. The molecule has 1 aliphatic heterocycles. The van der Waals surface area contributed by atoms with Crippen LogP contribution in [0.3, 0.4) is 0 Å². The molecule has 1 heterocycles. The molecule has 1 amide bonds. The molecule has 1 aromatic carbocycles. The fourth-order valence-corrected chi connectivity index (χ4v) is 2.25. The predicted molar refractivity (Wildman–Crippen MR) is 66.9 cm³/mol. The zero-order chi connectivity index (χ0) is 13.1. The van der Waals surface area contributed by atoms with E-state index < -0.39 is 6.04 Å². The summed E-state index contributed by atoms with van der Waals surface area (Å²) in [6, 6.07) is 3.82. The number of hydrogen-bond donors (Lipinski definition) is 1. The molecule has 5 heteroatoms. The van der Waals surface area contributed by atoms with Gasteiger partial charge in [-0.1, -0.05) is 0 Å². The van der Waals surface area contributed by atoms with Gasteiger partial charge in [0.1, 0.15) is 11.9 Å². The highest BCUT2D eigenvalue weighted by molar-refractivity contribution is 5.98. The zero-order valence-corrected chi connectivity index (χ0v) is 10.4. The Morgan fingerprint density at radius 1 is 1.61 bits per heavy atom. The van der Waals surface area contributed by atoms with E-state index in [1.54, 1.807) is 11.0 Å². The van der Waals surface area contributed by atoms with Crippen molar-refractivity contribution in [2.45, 2.75) is 18.9 Å². The number of carbonyl (C=O) groups is 1. The van der Waals surface area contributed by atoms with Gasteiger partial charge in [-0.25, -0.2) is 4.39 Å². The number of amides is 1. The number of ether oxygens (including phenoxy) is 1. The van der Waals surface area contributed by atoms with Crippen LogP contribution in [0.15, 0.2) is 18.2 Å². The van der Waals surface area contributed by atoms with Crippen molar-refractivity contribution in [2.75, 3.05) is 25.2 Å². The standard InChI is InChI=1S/C13H17FN2O2/c1-18-8-11(15)13(17)16-6-2-3-9-7-10(14)4-5-12(9)16/h4-5,7,11H,2-3,6,8,15H2,1H3. The van der Waals surface area contributed by atoms with Crippen LogP contribution in [0.5, 0.6) is 0 Å². The lowest BCUT2D eigenvalue weighted by molar-refractivity contribution is -0.121. The first-order valence-corrected chi connectivity index (χ1v) is 5.98. The van der Waals surface area contributed by atoms with E-state index in [1.165, 1.54) is 19.2 Å². The van der Waals surface area contributed by atoms with E-state index in [4.69, 9.17) is 10.5 Å². The second kappa shape index (κ2) is 5.46. The third-order valence-corrected chi connectivity index (χ3v) is 3.09. The highest BCUT2D eigenvalue weighted by atomic mass is 19.1. The van der Waals surface area contributed by atoms with Crippen molar-refractivity contribution in [3.63, 3.8) is 0 Å². The Morgan fingerprint density at radius 3 is 3.11 bits per heavy atom. The van der Waals surface area contributed by atoms with Crippen molar-refractivity contribution in [1.82, 2.24) is 0 Å². The summed E-state index contributed by atoms with van der Waals surface area (Å²) in [7, 11) is 1.51. The second-order valence-electron chi connectivity index (χ2n) is 4.43. The van der Waals surface area contributed by atoms with Gasteiger partial charge in [-0.2, -0.15) is 0 Å². The lowest BCUT2D eigenvalue weighted by atomic mass is 10.0. The molecule has 1 aliphatic rings. The Kier molecular flexibility index (Phi) is 3.93. The van der Waals surface area contributed by atoms with E-state index in [1.807, 2.05) is 0 Å². The van der Waals surface area contributed by atoms with Crippen LogP contribution in [0.4, 0.5) is 10.1 Å². The average Bonchev–Trinajstić information content (AvgIpc) is 2.37. The van der Waals surface area contributed by atoms with Crippen molar-refractivity contribution in [1.29, 1.82) is 0 Å². The molecule has 2 rings (SSSR count). The molecule has 18 heavy (non-hydrogen) atoms. The Labute approximate surface area is 106 Å². The lowest BCUT2D eigenvalue weighted by Crippen LogP contribution is -2.48. The molecular formula is C13H17FN2O2. The number of aryl methyl sites for hydroxylation is 1. The summed E-state index contributed by atoms with van der Waals surface area (Å²) in [4.78, 5) is 13.8. The van der Waals surface area contributed by atoms with Crippen LogP contribution in [0.2, 0.25) is 0 Å². The van der Waals surface area contributed by atoms with Crippen LogP contribution in [0, 0.1) is 5.82 Å². The fourth-order valence-electron chi connectivity index (χ4n) is 2.25. The number of carbonyl (C=O) groups excluding carboxylic acids is 1. The van der Waals surface area contributed by atoms with Gasteiger partial charge in [0, 0.05) is 19.3 Å². The van der Waals surface area contributed by atoms with E-state index in [9.17, 15) is 9.18 Å². The summed E-state index contributed by atoms with van der Waals surface area (Å²) in [5, 5.41) is 0. The topological polar surface area (TPSA) is 55.6 Å². The minimum Gasteiger partial charge on any atom is -0.383 e. The summed E-state index contributed by atoms with van der Waals surface area (Å²) in [6.45, 7) is 0.806. The molecule has 0 aliphatic carbocycles. The number of benzene rings is 1. The van der Waals surface area contributed by atoms with Crippen molar-refractivity contribution in [2.24, 2.45) is 5.73 Å². The number of fused-ring (bicyclic) bond motifs is 1. The normalized spacial score (nSPS) is 16.3. The minimum atomic E-state index is -0.675. The summed E-state index contributed by atoms with van der Waals surface area (Å²) in [6.07, 6.45) is 1.61. The van der Waals surface area contributed by atoms with Gasteiger partial charge in [0.2, 0.25) is 5.91 Å². The molecule has 1 unspecified atom stereocenters. The number of nitrogens with two attached hydrogens (primary N) is 1. The largest absolute Gasteiger partial charge is 0.383 e. The smallest absolute Gasteiger partial charge is 0.246 e. The highest BCUT2D eigenvalue weighted by Crippen LogP contribution is 2.28. The predicted octanol–water partition coefficient (Wildman–Crippen LogP) is 1.08. The fraction of sp³-hybridized carbons (Fsp3) is 0.462. The second-order valence-corrected chi connectivity index (χ2v) is 4.43. The molecule has 0 saturated carbocycles. The van der Waals surface area contributed by atoms with Crippen LogP contribution in [-0.2, 0) is 16.0 Å². The van der Waals surface area contributed by atoms with Crippen molar-refractivity contribution >= 4 is 11.6 Å². The number of halogens is 1. The minimum absolute atomic E-state index is 0.176. The maximum atomic E-state index is 13.2. The molecular weight excluding hydrogens is 235 g/mol. The molecule has 0 bridgehead atoms. The van der Waals surface area contributed by atoms with Crippen LogP contribution in [-0.4, -0.2) is 32.2 Å². The zero-order valence-electron chi connectivity index (χ0n) is 10.4. The van der Waals surface area contributed by atoms with Crippen LogP contribution in [0.25, 0.3) is 0 Å². The molecule has 98 valence electrons. The van der Waals surface area contributed by atoms with Crippen LogP contribution >= 0.6 is 0 Å². The van der Waals surface area contributed by atoms with E-state index in [0.717, 1.165) is 24.1 Å². The quantitative estimate of drug-likeness (QED) is 0.875. The molecule has 1 aromatic rings. The van der Waals surface area contributed by atoms with Crippen molar-refractivity contribution in [3.8, 4) is 0 Å². The van der Waals surface area contributed by atoms with E-state index in [-0.39, 0.29) is 18.3 Å². The molecule has 0 saturated heterocycles. The van der Waals surface area contributed by atoms with Gasteiger partial charge in [-0.05, 0) is 36.6 Å². The first-order valence-electron chi connectivity index (χ1n) is 5.98. The summed E-state index contributed by atoms with van der Waals surface area (Å²) >= 11 is 0. The summed E-state index contributed by atoms with van der Waals surface area (Å²) in [5.41, 5.74) is 7.38. The highest BCUT2D eigenvalue weighted by Gasteiger charge is 2.26. The Morgan fingerprint density at radius 2 is 2.39 bits per heavy atom. The Balaban J connectivity index is 2.24.